The van der Waals surface area contributed by atoms with Crippen LogP contribution in [0.5, 0.6) is 0 Å². The highest BCUT2D eigenvalue weighted by Crippen LogP contribution is 2.39. The number of hydrogen-bond acceptors (Lipinski definition) is 3. The van der Waals surface area contributed by atoms with Crippen LogP contribution in [0.1, 0.15) is 24.4 Å². The normalized spacial score (nSPS) is 23.6. The Morgan fingerprint density at radius 3 is 2.65 bits per heavy atom. The molecule has 110 valence electrons. The minimum Gasteiger partial charge on any atom is -0.310 e. The molecule has 0 amide bonds. The van der Waals surface area contributed by atoms with Crippen LogP contribution in [0.4, 0.5) is 23.2 Å². The van der Waals surface area contributed by atoms with Crippen LogP contribution in [0.3, 0.4) is 0 Å². The Labute approximate surface area is 111 Å². The molecule has 2 unspecified atom stereocenters. The van der Waals surface area contributed by atoms with Crippen molar-refractivity contribution in [2.24, 2.45) is 5.92 Å². The number of halogens is 4. The predicted octanol–water partition coefficient (Wildman–Crippen LogP) is 3.34. The highest BCUT2D eigenvalue weighted by Gasteiger charge is 2.42. The Hall–Kier alpha value is -1.70. The zero-order chi connectivity index (χ0) is 14.9. The largest absolute Gasteiger partial charge is 0.391 e. The van der Waals surface area contributed by atoms with Crippen molar-refractivity contribution >= 4 is 5.69 Å². The van der Waals surface area contributed by atoms with Crippen LogP contribution in [-0.4, -0.2) is 17.6 Å². The van der Waals surface area contributed by atoms with Crippen molar-refractivity contribution in [3.8, 4) is 0 Å². The summed E-state index contributed by atoms with van der Waals surface area (Å²) in [6.07, 6.45) is -4.73. The van der Waals surface area contributed by atoms with E-state index in [1.165, 1.54) is 0 Å². The Morgan fingerprint density at radius 2 is 2.05 bits per heavy atom. The number of alkyl halides is 3. The number of benzene rings is 1. The van der Waals surface area contributed by atoms with Crippen molar-refractivity contribution in [1.29, 1.82) is 0 Å². The topological polar surface area (TPSA) is 55.2 Å². The number of rotatable bonds is 2. The third-order valence-corrected chi connectivity index (χ3v) is 3.43. The molecule has 1 aliphatic heterocycles. The van der Waals surface area contributed by atoms with Gasteiger partial charge in [0.15, 0.2) is 0 Å². The summed E-state index contributed by atoms with van der Waals surface area (Å²) < 4.78 is 51.8. The Morgan fingerprint density at radius 1 is 1.35 bits per heavy atom. The van der Waals surface area contributed by atoms with Gasteiger partial charge in [-0.25, -0.2) is 4.39 Å². The number of piperidine rings is 1. The van der Waals surface area contributed by atoms with Crippen LogP contribution in [-0.2, 0) is 0 Å². The molecule has 4 nitrogen and oxygen atoms in total. The lowest BCUT2D eigenvalue weighted by molar-refractivity contribution is -0.385. The van der Waals surface area contributed by atoms with Crippen LogP contribution in [0.25, 0.3) is 0 Å². The van der Waals surface area contributed by atoms with Crippen molar-refractivity contribution < 1.29 is 22.5 Å². The standard InChI is InChI=1S/C12H12F4N2O2/c13-10-2-1-8(18(19)20)6-9(10)11-5-7(3-4-17-11)12(14,15)16/h1-2,6-7,11,17H,3-5H2. The number of nitrogens with one attached hydrogen (secondary N) is 1. The predicted molar refractivity (Wildman–Crippen MR) is 62.6 cm³/mol. The summed E-state index contributed by atoms with van der Waals surface area (Å²) >= 11 is 0. The first-order valence-electron chi connectivity index (χ1n) is 6.03. The van der Waals surface area contributed by atoms with Crippen molar-refractivity contribution in [2.45, 2.75) is 25.1 Å². The summed E-state index contributed by atoms with van der Waals surface area (Å²) in [5.74, 6) is -2.26. The molecule has 1 heterocycles. The molecule has 0 bridgehead atoms. The quantitative estimate of drug-likeness (QED) is 0.517. The van der Waals surface area contributed by atoms with Crippen molar-refractivity contribution in [3.63, 3.8) is 0 Å². The Bertz CT molecular complexity index is 519. The maximum Gasteiger partial charge on any atom is 0.391 e. The fourth-order valence-electron chi connectivity index (χ4n) is 2.36. The Balaban J connectivity index is 2.27. The molecule has 1 aromatic rings. The monoisotopic (exact) mass is 292 g/mol. The smallest absolute Gasteiger partial charge is 0.310 e. The average molecular weight is 292 g/mol. The molecule has 20 heavy (non-hydrogen) atoms. The molecule has 0 radical (unpaired) electrons. The Kier molecular flexibility index (Phi) is 3.94. The number of non-ortho nitro benzene ring substituents is 1. The molecular weight excluding hydrogens is 280 g/mol. The highest BCUT2D eigenvalue weighted by molar-refractivity contribution is 5.37. The van der Waals surface area contributed by atoms with E-state index in [4.69, 9.17) is 0 Å². The average Bonchev–Trinajstić information content (AvgIpc) is 2.38. The molecule has 8 heteroatoms. The van der Waals surface area contributed by atoms with Crippen molar-refractivity contribution in [3.05, 3.63) is 39.7 Å². The second kappa shape index (κ2) is 5.35. The molecule has 0 aromatic heterocycles. The van der Waals surface area contributed by atoms with Gasteiger partial charge < -0.3 is 5.32 Å². The molecule has 0 aliphatic carbocycles. The van der Waals surface area contributed by atoms with E-state index in [0.29, 0.717) is 0 Å². The zero-order valence-electron chi connectivity index (χ0n) is 10.3. The summed E-state index contributed by atoms with van der Waals surface area (Å²) in [5.41, 5.74) is -0.425. The van der Waals surface area contributed by atoms with Gasteiger partial charge in [-0.15, -0.1) is 0 Å². The molecule has 1 aromatic carbocycles. The maximum absolute atomic E-state index is 13.7. The minimum atomic E-state index is -4.34. The van der Waals surface area contributed by atoms with Crippen LogP contribution in [0.2, 0.25) is 0 Å². The SMILES string of the molecule is O=[N+]([O-])c1ccc(F)c(C2CC(C(F)(F)F)CCN2)c1. The minimum absolute atomic E-state index is 0.0729. The van der Waals surface area contributed by atoms with Gasteiger partial charge in [-0.05, 0) is 25.5 Å². The lowest BCUT2D eigenvalue weighted by Crippen LogP contribution is -2.38. The molecule has 0 saturated carbocycles. The van der Waals surface area contributed by atoms with Gasteiger partial charge >= 0.3 is 6.18 Å². The molecule has 1 saturated heterocycles. The summed E-state index contributed by atoms with van der Waals surface area (Å²) in [4.78, 5) is 9.95. The summed E-state index contributed by atoms with van der Waals surface area (Å²) in [6, 6.07) is 2.02. The van der Waals surface area contributed by atoms with E-state index < -0.39 is 28.9 Å². The molecule has 1 aliphatic rings. The summed E-state index contributed by atoms with van der Waals surface area (Å²) in [6.45, 7) is 0.0942. The van der Waals surface area contributed by atoms with Gasteiger partial charge in [-0.3, -0.25) is 10.1 Å². The molecule has 2 rings (SSSR count). The van der Waals surface area contributed by atoms with E-state index in [1.54, 1.807) is 0 Å². The number of nitro groups is 1. The van der Waals surface area contributed by atoms with Gasteiger partial charge in [0, 0.05) is 23.7 Å². The van der Waals surface area contributed by atoms with E-state index in [1.807, 2.05) is 0 Å². The van der Waals surface area contributed by atoms with Crippen LogP contribution >= 0.6 is 0 Å². The van der Waals surface area contributed by atoms with Crippen LogP contribution in [0, 0.1) is 21.8 Å². The molecule has 1 fully saturated rings. The fraction of sp³-hybridized carbons (Fsp3) is 0.500. The maximum atomic E-state index is 13.7. The number of hydrogen-bond donors (Lipinski definition) is 1. The lowest BCUT2D eigenvalue weighted by Gasteiger charge is -2.31. The van der Waals surface area contributed by atoms with E-state index >= 15 is 0 Å². The van der Waals surface area contributed by atoms with E-state index in [-0.39, 0.29) is 30.6 Å². The fourth-order valence-corrected chi connectivity index (χ4v) is 2.36. The number of nitro benzene ring substituents is 1. The van der Waals surface area contributed by atoms with Crippen LogP contribution in [0.15, 0.2) is 18.2 Å². The first-order valence-corrected chi connectivity index (χ1v) is 6.03. The molecule has 1 N–H and O–H groups in total. The summed E-state index contributed by atoms with van der Waals surface area (Å²) in [7, 11) is 0. The molecule has 2 atom stereocenters. The third kappa shape index (κ3) is 3.06. The van der Waals surface area contributed by atoms with Crippen LogP contribution < -0.4 is 5.32 Å². The van der Waals surface area contributed by atoms with Gasteiger partial charge in [0.25, 0.3) is 5.69 Å². The van der Waals surface area contributed by atoms with Gasteiger partial charge in [0.05, 0.1) is 10.8 Å². The van der Waals surface area contributed by atoms with Gasteiger partial charge in [0.2, 0.25) is 0 Å². The summed E-state index contributed by atoms with van der Waals surface area (Å²) in [5, 5.41) is 13.4. The van der Waals surface area contributed by atoms with Gasteiger partial charge in [-0.2, -0.15) is 13.2 Å². The second-order valence-electron chi connectivity index (χ2n) is 4.73. The lowest BCUT2D eigenvalue weighted by atomic mass is 9.88. The first-order chi connectivity index (χ1) is 9.29. The van der Waals surface area contributed by atoms with Gasteiger partial charge in [-0.1, -0.05) is 0 Å². The van der Waals surface area contributed by atoms with E-state index in [0.717, 1.165) is 18.2 Å². The second-order valence-corrected chi connectivity index (χ2v) is 4.73. The van der Waals surface area contributed by atoms with E-state index in [2.05, 4.69) is 5.32 Å². The van der Waals surface area contributed by atoms with E-state index in [9.17, 15) is 27.7 Å². The van der Waals surface area contributed by atoms with Gasteiger partial charge in [0.1, 0.15) is 5.82 Å². The highest BCUT2D eigenvalue weighted by atomic mass is 19.4. The van der Waals surface area contributed by atoms with Crippen molar-refractivity contribution in [2.75, 3.05) is 6.54 Å². The third-order valence-electron chi connectivity index (χ3n) is 3.43. The zero-order valence-corrected chi connectivity index (χ0v) is 10.3. The van der Waals surface area contributed by atoms with Crippen molar-refractivity contribution in [1.82, 2.24) is 5.32 Å². The molecule has 0 spiro atoms. The number of nitrogens with zero attached hydrogens (tertiary/aromatic N) is 1. The first kappa shape index (κ1) is 14.7. The molecular formula is C12H12F4N2O2.